The van der Waals surface area contributed by atoms with Crippen molar-refractivity contribution >= 4 is 29.3 Å². The van der Waals surface area contributed by atoms with Gasteiger partial charge in [0.1, 0.15) is 17.4 Å². The van der Waals surface area contributed by atoms with E-state index in [1.54, 1.807) is 24.3 Å². The fourth-order valence-corrected chi connectivity index (χ4v) is 2.01. The standard InChI is InChI=1S/C18H13N3O5/c1-12(22)26-17-4-2-3-13(10-17)9-14(11-19)18(23)20-15-5-7-16(8-6-15)21(24)25/h2-10H,1H3,(H,20,23). The summed E-state index contributed by atoms with van der Waals surface area (Å²) in [6.07, 6.45) is 1.34. The normalized spacial score (nSPS) is 10.5. The third-order valence-electron chi connectivity index (χ3n) is 3.13. The van der Waals surface area contributed by atoms with Crippen molar-refractivity contribution in [1.29, 1.82) is 5.26 Å². The quantitative estimate of drug-likeness (QED) is 0.221. The van der Waals surface area contributed by atoms with Crippen LogP contribution in [0.2, 0.25) is 0 Å². The van der Waals surface area contributed by atoms with E-state index >= 15 is 0 Å². The number of carbonyl (C=O) groups is 2. The summed E-state index contributed by atoms with van der Waals surface area (Å²) in [6.45, 7) is 1.26. The van der Waals surface area contributed by atoms with Gasteiger partial charge in [-0.2, -0.15) is 5.26 Å². The lowest BCUT2D eigenvalue weighted by atomic mass is 10.1. The number of nitriles is 1. The zero-order chi connectivity index (χ0) is 19.1. The molecular formula is C18H13N3O5. The van der Waals surface area contributed by atoms with Gasteiger partial charge in [0.2, 0.25) is 0 Å². The second-order valence-corrected chi connectivity index (χ2v) is 5.09. The van der Waals surface area contributed by atoms with E-state index in [0.29, 0.717) is 17.0 Å². The molecule has 0 aliphatic carbocycles. The summed E-state index contributed by atoms with van der Waals surface area (Å²) in [4.78, 5) is 33.3. The number of hydrogen-bond donors (Lipinski definition) is 1. The monoisotopic (exact) mass is 351 g/mol. The molecule has 2 rings (SSSR count). The Morgan fingerprint density at radius 3 is 2.50 bits per heavy atom. The Labute approximate surface area is 148 Å². The van der Waals surface area contributed by atoms with Gasteiger partial charge in [0.25, 0.3) is 11.6 Å². The molecule has 0 unspecified atom stereocenters. The molecule has 0 fully saturated rings. The Morgan fingerprint density at radius 2 is 1.92 bits per heavy atom. The van der Waals surface area contributed by atoms with Crippen LogP contribution in [0.1, 0.15) is 12.5 Å². The number of non-ortho nitro benzene ring substituents is 1. The maximum atomic E-state index is 12.2. The van der Waals surface area contributed by atoms with Crippen LogP contribution in [0, 0.1) is 21.4 Å². The third-order valence-corrected chi connectivity index (χ3v) is 3.13. The van der Waals surface area contributed by atoms with Crippen LogP contribution in [0.4, 0.5) is 11.4 Å². The van der Waals surface area contributed by atoms with Crippen LogP contribution < -0.4 is 10.1 Å². The van der Waals surface area contributed by atoms with Gasteiger partial charge < -0.3 is 10.1 Å². The second-order valence-electron chi connectivity index (χ2n) is 5.09. The van der Waals surface area contributed by atoms with E-state index in [-0.39, 0.29) is 11.3 Å². The van der Waals surface area contributed by atoms with Gasteiger partial charge in [0.15, 0.2) is 0 Å². The molecule has 0 saturated carbocycles. The molecule has 2 aromatic carbocycles. The third kappa shape index (κ3) is 5.01. The van der Waals surface area contributed by atoms with Gasteiger partial charge in [-0.05, 0) is 35.9 Å². The molecule has 0 atom stereocenters. The van der Waals surface area contributed by atoms with E-state index < -0.39 is 16.8 Å². The Kier molecular flexibility index (Phi) is 5.79. The van der Waals surface area contributed by atoms with E-state index in [1.165, 1.54) is 43.3 Å². The van der Waals surface area contributed by atoms with Crippen LogP contribution in [0.15, 0.2) is 54.1 Å². The number of amides is 1. The molecule has 2 aromatic rings. The van der Waals surface area contributed by atoms with Crippen molar-refractivity contribution in [3.05, 3.63) is 69.8 Å². The first-order valence-electron chi connectivity index (χ1n) is 7.35. The largest absolute Gasteiger partial charge is 0.427 e. The highest BCUT2D eigenvalue weighted by Crippen LogP contribution is 2.18. The Hall–Kier alpha value is -3.99. The van der Waals surface area contributed by atoms with Crippen LogP contribution in [-0.4, -0.2) is 16.8 Å². The van der Waals surface area contributed by atoms with Gasteiger partial charge in [0.05, 0.1) is 4.92 Å². The molecule has 1 N–H and O–H groups in total. The number of nitrogens with zero attached hydrogens (tertiary/aromatic N) is 2. The van der Waals surface area contributed by atoms with E-state index in [4.69, 9.17) is 4.74 Å². The Balaban J connectivity index is 2.18. The highest BCUT2D eigenvalue weighted by molar-refractivity contribution is 6.09. The summed E-state index contributed by atoms with van der Waals surface area (Å²) in [5, 5.41) is 22.3. The summed E-state index contributed by atoms with van der Waals surface area (Å²) >= 11 is 0. The summed E-state index contributed by atoms with van der Waals surface area (Å²) in [5.74, 6) is -0.860. The van der Waals surface area contributed by atoms with E-state index in [2.05, 4.69) is 5.32 Å². The number of nitro benzene ring substituents is 1. The number of hydrogen-bond acceptors (Lipinski definition) is 6. The smallest absolute Gasteiger partial charge is 0.308 e. The molecule has 0 heterocycles. The fourth-order valence-electron chi connectivity index (χ4n) is 2.01. The predicted molar refractivity (Wildman–Crippen MR) is 93.1 cm³/mol. The zero-order valence-corrected chi connectivity index (χ0v) is 13.6. The first kappa shape index (κ1) is 18.4. The number of carbonyl (C=O) groups excluding carboxylic acids is 2. The molecule has 0 spiro atoms. The predicted octanol–water partition coefficient (Wildman–Crippen LogP) is 3.07. The highest BCUT2D eigenvalue weighted by Gasteiger charge is 2.11. The molecule has 130 valence electrons. The SMILES string of the molecule is CC(=O)Oc1cccc(C=C(C#N)C(=O)Nc2ccc([N+](=O)[O-])cc2)c1. The number of esters is 1. The Morgan fingerprint density at radius 1 is 1.23 bits per heavy atom. The average molecular weight is 351 g/mol. The van der Waals surface area contributed by atoms with E-state index in [9.17, 15) is 25.0 Å². The number of ether oxygens (including phenoxy) is 1. The average Bonchev–Trinajstić information content (AvgIpc) is 2.59. The molecular weight excluding hydrogens is 338 g/mol. The number of benzene rings is 2. The lowest BCUT2D eigenvalue weighted by Crippen LogP contribution is -2.13. The molecule has 0 saturated heterocycles. The van der Waals surface area contributed by atoms with Crippen LogP contribution in [0.5, 0.6) is 5.75 Å². The molecule has 8 nitrogen and oxygen atoms in total. The van der Waals surface area contributed by atoms with Gasteiger partial charge >= 0.3 is 5.97 Å². The summed E-state index contributed by atoms with van der Waals surface area (Å²) in [5.41, 5.74) is 0.527. The van der Waals surface area contributed by atoms with Crippen molar-refractivity contribution in [2.45, 2.75) is 6.92 Å². The van der Waals surface area contributed by atoms with E-state index in [1.807, 2.05) is 0 Å². The van der Waals surface area contributed by atoms with Gasteiger partial charge in [-0.25, -0.2) is 0 Å². The molecule has 0 radical (unpaired) electrons. The molecule has 1 amide bonds. The molecule has 26 heavy (non-hydrogen) atoms. The number of anilines is 1. The topological polar surface area (TPSA) is 122 Å². The van der Waals surface area contributed by atoms with Gasteiger partial charge in [-0.15, -0.1) is 0 Å². The van der Waals surface area contributed by atoms with Crippen molar-refractivity contribution in [3.63, 3.8) is 0 Å². The Bertz CT molecular complexity index is 927. The van der Waals surface area contributed by atoms with Gasteiger partial charge in [-0.3, -0.25) is 19.7 Å². The van der Waals surface area contributed by atoms with Gasteiger partial charge in [0, 0.05) is 24.7 Å². The first-order valence-corrected chi connectivity index (χ1v) is 7.35. The second kappa shape index (κ2) is 8.21. The van der Waals surface area contributed by atoms with Gasteiger partial charge in [-0.1, -0.05) is 12.1 Å². The lowest BCUT2D eigenvalue weighted by Gasteiger charge is -2.05. The minimum absolute atomic E-state index is 0.110. The minimum Gasteiger partial charge on any atom is -0.427 e. The van der Waals surface area contributed by atoms with Crippen LogP contribution in [0.3, 0.4) is 0 Å². The summed E-state index contributed by atoms with van der Waals surface area (Å²) in [6, 6.07) is 13.4. The van der Waals surface area contributed by atoms with Crippen molar-refractivity contribution in [1.82, 2.24) is 0 Å². The van der Waals surface area contributed by atoms with Crippen LogP contribution in [-0.2, 0) is 9.59 Å². The van der Waals surface area contributed by atoms with Crippen molar-refractivity contribution in [3.8, 4) is 11.8 Å². The zero-order valence-electron chi connectivity index (χ0n) is 13.6. The molecule has 0 aliphatic heterocycles. The highest BCUT2D eigenvalue weighted by atomic mass is 16.6. The van der Waals surface area contributed by atoms with Crippen LogP contribution >= 0.6 is 0 Å². The number of nitrogens with one attached hydrogen (secondary N) is 1. The number of rotatable bonds is 5. The molecule has 0 aliphatic rings. The maximum Gasteiger partial charge on any atom is 0.308 e. The molecule has 0 aromatic heterocycles. The molecule has 0 bridgehead atoms. The first-order chi connectivity index (χ1) is 12.4. The maximum absolute atomic E-state index is 12.2. The van der Waals surface area contributed by atoms with Crippen molar-refractivity contribution in [2.75, 3.05) is 5.32 Å². The summed E-state index contributed by atoms with van der Waals surface area (Å²) < 4.78 is 4.95. The number of nitro groups is 1. The summed E-state index contributed by atoms with van der Waals surface area (Å²) in [7, 11) is 0. The molecule has 8 heteroatoms. The minimum atomic E-state index is -0.667. The van der Waals surface area contributed by atoms with Crippen molar-refractivity contribution < 1.29 is 19.2 Å². The van der Waals surface area contributed by atoms with Crippen LogP contribution in [0.25, 0.3) is 6.08 Å². The lowest BCUT2D eigenvalue weighted by molar-refractivity contribution is -0.384. The van der Waals surface area contributed by atoms with E-state index in [0.717, 1.165) is 0 Å². The van der Waals surface area contributed by atoms with Crippen molar-refractivity contribution in [2.24, 2.45) is 0 Å². The fraction of sp³-hybridized carbons (Fsp3) is 0.0556.